The molecule has 0 radical (unpaired) electrons. The van der Waals surface area contributed by atoms with E-state index in [0.29, 0.717) is 12.8 Å². The van der Waals surface area contributed by atoms with Crippen molar-refractivity contribution < 1.29 is 35.9 Å². The Morgan fingerprint density at radius 2 is 1.52 bits per heavy atom. The molecule has 0 aliphatic heterocycles. The number of ether oxygens (including phenoxy) is 1. The lowest BCUT2D eigenvalue weighted by Crippen LogP contribution is -2.63. The maximum Gasteiger partial charge on any atom is 0.317 e. The average Bonchev–Trinajstić information content (AvgIpc) is 2.90. The summed E-state index contributed by atoms with van der Waals surface area (Å²) in [6.07, 6.45) is 2.70. The fourth-order valence-corrected chi connectivity index (χ4v) is 5.82. The Labute approximate surface area is 167 Å². The molecule has 29 heavy (non-hydrogen) atoms. The van der Waals surface area contributed by atoms with E-state index in [1.54, 1.807) is 0 Å². The van der Waals surface area contributed by atoms with E-state index in [-0.39, 0.29) is 11.0 Å². The largest absolute Gasteiger partial charge is 0.420 e. The summed E-state index contributed by atoms with van der Waals surface area (Å²) in [5.74, 6) is -14.2. The highest BCUT2D eigenvalue weighted by molar-refractivity contribution is 6.74. The van der Waals surface area contributed by atoms with E-state index in [9.17, 15) is 26.7 Å². The Kier molecular flexibility index (Phi) is 5.39. The maximum absolute atomic E-state index is 13.9. The molecule has 0 saturated heterocycles. The van der Waals surface area contributed by atoms with Crippen LogP contribution in [-0.4, -0.2) is 19.9 Å². The number of benzene rings is 1. The Morgan fingerprint density at radius 3 is 2.00 bits per heavy atom. The molecule has 3 rings (SSSR count). The summed E-state index contributed by atoms with van der Waals surface area (Å²) in [7, 11) is -2.29. The van der Waals surface area contributed by atoms with Gasteiger partial charge in [0.1, 0.15) is 0 Å². The van der Waals surface area contributed by atoms with Gasteiger partial charge in [-0.25, -0.2) is 13.2 Å². The predicted octanol–water partition coefficient (Wildman–Crippen LogP) is 5.87. The van der Waals surface area contributed by atoms with Crippen LogP contribution in [0.3, 0.4) is 0 Å². The van der Waals surface area contributed by atoms with Gasteiger partial charge >= 0.3 is 5.97 Å². The first-order chi connectivity index (χ1) is 13.2. The molecule has 0 unspecified atom stereocenters. The minimum atomic E-state index is -2.29. The molecule has 162 valence electrons. The Balaban J connectivity index is 1.89. The number of hydrogen-bond donors (Lipinski definition) is 0. The normalized spacial score (nSPS) is 26.8. The minimum absolute atomic E-state index is 0.116. The second-order valence-corrected chi connectivity index (χ2v) is 14.2. The van der Waals surface area contributed by atoms with Crippen molar-refractivity contribution in [2.24, 2.45) is 11.8 Å². The van der Waals surface area contributed by atoms with Crippen molar-refractivity contribution in [1.82, 2.24) is 0 Å². The lowest BCUT2D eigenvalue weighted by molar-refractivity contribution is -0.171. The molecular weight excluding hydrogens is 411 g/mol. The van der Waals surface area contributed by atoms with E-state index in [1.165, 1.54) is 0 Å². The van der Waals surface area contributed by atoms with E-state index < -0.39 is 60.6 Å². The van der Waals surface area contributed by atoms with Crippen LogP contribution in [0.25, 0.3) is 0 Å². The first-order valence-corrected chi connectivity index (χ1v) is 12.6. The molecule has 0 heterocycles. The number of fused-ring (bicyclic) bond motifs is 1. The maximum atomic E-state index is 13.9. The van der Waals surface area contributed by atoms with Crippen LogP contribution in [0, 0.1) is 40.9 Å². The van der Waals surface area contributed by atoms with Crippen molar-refractivity contribution in [3.8, 4) is 5.75 Å². The molecular formula is C20H25F5O3Si. The molecule has 2 saturated carbocycles. The van der Waals surface area contributed by atoms with Gasteiger partial charge in [-0.3, -0.25) is 4.79 Å². The van der Waals surface area contributed by atoms with Crippen LogP contribution in [0.4, 0.5) is 22.0 Å². The molecule has 2 fully saturated rings. The average molecular weight is 436 g/mol. The number of carbonyl (C=O) groups is 1. The highest BCUT2D eigenvalue weighted by Gasteiger charge is 2.64. The van der Waals surface area contributed by atoms with Crippen molar-refractivity contribution in [2.45, 2.75) is 70.2 Å². The zero-order valence-corrected chi connectivity index (χ0v) is 18.1. The second kappa shape index (κ2) is 7.04. The molecule has 0 amide bonds. The van der Waals surface area contributed by atoms with Gasteiger partial charge in [0.15, 0.2) is 8.32 Å². The van der Waals surface area contributed by atoms with Crippen LogP contribution < -0.4 is 4.74 Å². The Bertz CT molecular complexity index is 822. The van der Waals surface area contributed by atoms with Gasteiger partial charge in [0.25, 0.3) is 0 Å². The van der Waals surface area contributed by atoms with Crippen LogP contribution in [0.1, 0.15) is 46.5 Å². The van der Waals surface area contributed by atoms with Crippen molar-refractivity contribution >= 4 is 14.3 Å². The molecule has 9 heteroatoms. The van der Waals surface area contributed by atoms with Crippen LogP contribution >= 0.6 is 0 Å². The van der Waals surface area contributed by atoms with Crippen LogP contribution in [-0.2, 0) is 9.22 Å². The van der Waals surface area contributed by atoms with Gasteiger partial charge in [0.05, 0.1) is 11.5 Å². The zero-order chi connectivity index (χ0) is 21.9. The van der Waals surface area contributed by atoms with Crippen molar-refractivity contribution in [1.29, 1.82) is 0 Å². The Morgan fingerprint density at radius 1 is 1.00 bits per heavy atom. The summed E-state index contributed by atoms with van der Waals surface area (Å²) in [5, 5.41) is -0.125. The molecule has 0 spiro atoms. The monoisotopic (exact) mass is 436 g/mol. The topological polar surface area (TPSA) is 35.5 Å². The summed E-state index contributed by atoms with van der Waals surface area (Å²) in [6.45, 7) is 10.3. The number of rotatable bonds is 4. The fourth-order valence-electron chi connectivity index (χ4n) is 4.15. The number of esters is 1. The van der Waals surface area contributed by atoms with Crippen LogP contribution in [0.15, 0.2) is 0 Å². The first-order valence-electron chi connectivity index (χ1n) is 9.66. The third kappa shape index (κ3) is 3.40. The van der Waals surface area contributed by atoms with Gasteiger partial charge in [0.2, 0.25) is 34.8 Å². The van der Waals surface area contributed by atoms with Gasteiger partial charge < -0.3 is 9.16 Å². The molecule has 1 aromatic rings. The molecule has 3 nitrogen and oxygen atoms in total. The van der Waals surface area contributed by atoms with Gasteiger partial charge in [-0.2, -0.15) is 8.78 Å². The lowest BCUT2D eigenvalue weighted by Gasteiger charge is -2.56. The molecule has 0 N–H and O–H groups in total. The fraction of sp³-hybridized carbons (Fsp3) is 0.650. The number of hydrogen-bond acceptors (Lipinski definition) is 3. The quantitative estimate of drug-likeness (QED) is 0.148. The van der Waals surface area contributed by atoms with Gasteiger partial charge in [-0.05, 0) is 43.3 Å². The first kappa shape index (κ1) is 22.2. The van der Waals surface area contributed by atoms with Crippen molar-refractivity contribution in [3.63, 3.8) is 0 Å². The second-order valence-electron chi connectivity index (χ2n) is 9.51. The Hall–Kier alpha value is -1.48. The summed E-state index contributed by atoms with van der Waals surface area (Å²) in [5.41, 5.74) is -0.801. The highest BCUT2D eigenvalue weighted by Crippen LogP contribution is 2.59. The van der Waals surface area contributed by atoms with E-state index in [4.69, 9.17) is 9.16 Å². The predicted molar refractivity (Wildman–Crippen MR) is 98.3 cm³/mol. The van der Waals surface area contributed by atoms with E-state index in [2.05, 4.69) is 20.8 Å². The van der Waals surface area contributed by atoms with Gasteiger partial charge in [0, 0.05) is 0 Å². The summed E-state index contributed by atoms with van der Waals surface area (Å²) >= 11 is 0. The van der Waals surface area contributed by atoms with E-state index >= 15 is 0 Å². The molecule has 0 aromatic heterocycles. The van der Waals surface area contributed by atoms with Crippen molar-refractivity contribution in [3.05, 3.63) is 29.1 Å². The van der Waals surface area contributed by atoms with Crippen molar-refractivity contribution in [2.75, 3.05) is 0 Å². The van der Waals surface area contributed by atoms with Crippen LogP contribution in [0.5, 0.6) is 5.75 Å². The third-order valence-electron chi connectivity index (χ3n) is 6.83. The van der Waals surface area contributed by atoms with Gasteiger partial charge in [-0.15, -0.1) is 0 Å². The molecule has 3 atom stereocenters. The molecule has 0 bridgehead atoms. The summed E-state index contributed by atoms with van der Waals surface area (Å²) in [4.78, 5) is 12.7. The lowest BCUT2D eigenvalue weighted by atomic mass is 9.63. The smallest absolute Gasteiger partial charge is 0.317 e. The molecule has 2 aliphatic rings. The van der Waals surface area contributed by atoms with E-state index in [1.807, 2.05) is 13.1 Å². The van der Waals surface area contributed by atoms with Crippen LogP contribution in [0.2, 0.25) is 18.1 Å². The summed E-state index contributed by atoms with van der Waals surface area (Å²) in [6, 6.07) is 0. The standard InChI is InChI=1S/C20H25F5O3Si/c1-19(2,3)29(4,5)28-20-8-6-7-10(20)9-11(20)18(26)27-17-15(24)13(22)12(21)14(23)16(17)25/h10-11H,6-9H2,1-5H3/t10-,11+,20+/m0/s1. The minimum Gasteiger partial charge on any atom is -0.420 e. The molecule has 2 aliphatic carbocycles. The van der Waals surface area contributed by atoms with E-state index in [0.717, 1.165) is 12.8 Å². The third-order valence-corrected chi connectivity index (χ3v) is 11.3. The highest BCUT2D eigenvalue weighted by atomic mass is 28.4. The molecule has 1 aromatic carbocycles. The number of halogens is 5. The summed E-state index contributed by atoms with van der Waals surface area (Å²) < 4.78 is 79.2. The zero-order valence-electron chi connectivity index (χ0n) is 17.1. The van der Waals surface area contributed by atoms with Gasteiger partial charge in [-0.1, -0.05) is 27.2 Å². The SMILES string of the molecule is CC(C)(C)[Si](C)(C)O[C@]12CCC[C@H]1C[C@@H]2C(=O)Oc1c(F)c(F)c(F)c(F)c1F. The number of carbonyl (C=O) groups excluding carboxylic acids is 1.